The second-order valence-electron chi connectivity index (χ2n) is 4.82. The SMILES string of the molecule is CSc1nc(NN)cc(NCC2CCCC2C)n1. The van der Waals surface area contributed by atoms with Crippen LogP contribution in [0.3, 0.4) is 0 Å². The Morgan fingerprint density at radius 2 is 2.17 bits per heavy atom. The fourth-order valence-corrected chi connectivity index (χ4v) is 2.82. The summed E-state index contributed by atoms with van der Waals surface area (Å²) >= 11 is 1.51. The minimum atomic E-state index is 0.649. The standard InChI is InChI=1S/C12H21N5S/c1-8-4-3-5-9(8)7-14-10-6-11(17-13)16-12(15-10)18-2/h6,8-9H,3-5,7,13H2,1-2H3,(H2,14,15,16,17). The molecule has 2 unspecified atom stereocenters. The zero-order valence-electron chi connectivity index (χ0n) is 10.9. The largest absolute Gasteiger partial charge is 0.370 e. The third-order valence-electron chi connectivity index (χ3n) is 3.62. The molecule has 1 heterocycles. The molecule has 1 fully saturated rings. The number of nitrogens with two attached hydrogens (primary N) is 1. The molecule has 100 valence electrons. The third kappa shape index (κ3) is 3.26. The quantitative estimate of drug-likeness (QED) is 0.329. The predicted octanol–water partition coefficient (Wildman–Crippen LogP) is 2.33. The van der Waals surface area contributed by atoms with Gasteiger partial charge in [-0.3, -0.25) is 0 Å². The van der Waals surface area contributed by atoms with Crippen molar-refractivity contribution in [3.05, 3.63) is 6.07 Å². The van der Waals surface area contributed by atoms with Crippen LogP contribution < -0.4 is 16.6 Å². The van der Waals surface area contributed by atoms with Gasteiger partial charge in [0.15, 0.2) is 5.16 Å². The molecule has 18 heavy (non-hydrogen) atoms. The van der Waals surface area contributed by atoms with Gasteiger partial charge in [-0.05, 0) is 24.5 Å². The van der Waals surface area contributed by atoms with Crippen molar-refractivity contribution in [2.75, 3.05) is 23.5 Å². The van der Waals surface area contributed by atoms with Crippen molar-refractivity contribution in [1.29, 1.82) is 0 Å². The summed E-state index contributed by atoms with van der Waals surface area (Å²) in [6, 6.07) is 1.85. The number of aromatic nitrogens is 2. The van der Waals surface area contributed by atoms with Crippen LogP contribution in [0.5, 0.6) is 0 Å². The van der Waals surface area contributed by atoms with E-state index in [9.17, 15) is 0 Å². The van der Waals surface area contributed by atoms with Crippen LogP contribution in [0.2, 0.25) is 0 Å². The van der Waals surface area contributed by atoms with Crippen LogP contribution in [0.1, 0.15) is 26.2 Å². The first-order valence-corrected chi connectivity index (χ1v) is 7.59. The lowest BCUT2D eigenvalue weighted by molar-refractivity contribution is 0.439. The Labute approximate surface area is 112 Å². The Morgan fingerprint density at radius 3 is 2.78 bits per heavy atom. The van der Waals surface area contributed by atoms with Gasteiger partial charge in [-0.1, -0.05) is 31.5 Å². The molecule has 6 heteroatoms. The van der Waals surface area contributed by atoms with Gasteiger partial charge in [0.05, 0.1) is 0 Å². The summed E-state index contributed by atoms with van der Waals surface area (Å²) in [5.41, 5.74) is 2.57. The van der Waals surface area contributed by atoms with Gasteiger partial charge in [0.1, 0.15) is 11.6 Å². The van der Waals surface area contributed by atoms with E-state index in [0.29, 0.717) is 5.82 Å². The topological polar surface area (TPSA) is 75.9 Å². The summed E-state index contributed by atoms with van der Waals surface area (Å²) in [5.74, 6) is 8.47. The van der Waals surface area contributed by atoms with Crippen molar-refractivity contribution < 1.29 is 0 Å². The summed E-state index contributed by atoms with van der Waals surface area (Å²) in [6.07, 6.45) is 5.97. The Morgan fingerprint density at radius 1 is 1.39 bits per heavy atom. The van der Waals surface area contributed by atoms with E-state index >= 15 is 0 Å². The zero-order chi connectivity index (χ0) is 13.0. The molecule has 1 aromatic rings. The highest BCUT2D eigenvalue weighted by Gasteiger charge is 2.22. The molecule has 1 aliphatic carbocycles. The van der Waals surface area contributed by atoms with Gasteiger partial charge in [-0.25, -0.2) is 15.8 Å². The summed E-state index contributed by atoms with van der Waals surface area (Å²) < 4.78 is 0. The molecule has 4 N–H and O–H groups in total. The van der Waals surface area contributed by atoms with Gasteiger partial charge in [-0.15, -0.1) is 0 Å². The van der Waals surface area contributed by atoms with Crippen molar-refractivity contribution in [2.24, 2.45) is 17.7 Å². The van der Waals surface area contributed by atoms with E-state index in [1.807, 2.05) is 12.3 Å². The average molecular weight is 267 g/mol. The molecule has 1 saturated carbocycles. The number of rotatable bonds is 5. The number of nitrogens with zero attached hydrogens (tertiary/aromatic N) is 2. The zero-order valence-corrected chi connectivity index (χ0v) is 11.8. The number of hydrogen-bond acceptors (Lipinski definition) is 6. The molecule has 1 aliphatic rings. The van der Waals surface area contributed by atoms with Crippen LogP contribution >= 0.6 is 11.8 Å². The number of nitrogen functional groups attached to an aromatic ring is 1. The number of thioether (sulfide) groups is 1. The van der Waals surface area contributed by atoms with Crippen LogP contribution in [-0.2, 0) is 0 Å². The van der Waals surface area contributed by atoms with Crippen molar-refractivity contribution in [2.45, 2.75) is 31.3 Å². The van der Waals surface area contributed by atoms with Crippen molar-refractivity contribution in [1.82, 2.24) is 9.97 Å². The summed E-state index contributed by atoms with van der Waals surface area (Å²) in [5, 5.41) is 4.14. The average Bonchev–Trinajstić information content (AvgIpc) is 2.81. The molecule has 5 nitrogen and oxygen atoms in total. The van der Waals surface area contributed by atoms with Gasteiger partial charge in [0, 0.05) is 12.6 Å². The van der Waals surface area contributed by atoms with Crippen LogP contribution in [0.4, 0.5) is 11.6 Å². The van der Waals surface area contributed by atoms with Crippen LogP contribution in [-0.4, -0.2) is 22.8 Å². The molecule has 0 radical (unpaired) electrons. The van der Waals surface area contributed by atoms with E-state index in [4.69, 9.17) is 5.84 Å². The first-order chi connectivity index (χ1) is 8.72. The molecule has 0 aliphatic heterocycles. The molecule has 0 bridgehead atoms. The molecule has 0 aromatic carbocycles. The lowest BCUT2D eigenvalue weighted by Gasteiger charge is -2.16. The highest BCUT2D eigenvalue weighted by atomic mass is 32.2. The second kappa shape index (κ2) is 6.24. The Balaban J connectivity index is 1.99. The molecule has 0 saturated heterocycles. The first-order valence-electron chi connectivity index (χ1n) is 6.36. The number of hydrazine groups is 1. The lowest BCUT2D eigenvalue weighted by Crippen LogP contribution is -2.18. The molecule has 2 atom stereocenters. The maximum absolute atomic E-state index is 5.41. The van der Waals surface area contributed by atoms with E-state index in [1.54, 1.807) is 0 Å². The number of hydrogen-bond donors (Lipinski definition) is 3. The smallest absolute Gasteiger partial charge is 0.191 e. The molecular weight excluding hydrogens is 246 g/mol. The third-order valence-corrected chi connectivity index (χ3v) is 4.17. The van der Waals surface area contributed by atoms with Gasteiger partial charge >= 0.3 is 0 Å². The van der Waals surface area contributed by atoms with E-state index in [0.717, 1.165) is 29.4 Å². The van der Waals surface area contributed by atoms with Gasteiger partial charge < -0.3 is 10.7 Å². The summed E-state index contributed by atoms with van der Waals surface area (Å²) in [6.45, 7) is 3.32. The Hall–Kier alpha value is -1.01. The van der Waals surface area contributed by atoms with Crippen LogP contribution in [0.25, 0.3) is 0 Å². The second-order valence-corrected chi connectivity index (χ2v) is 5.59. The highest BCUT2D eigenvalue weighted by molar-refractivity contribution is 7.98. The van der Waals surface area contributed by atoms with E-state index < -0.39 is 0 Å². The van der Waals surface area contributed by atoms with E-state index in [2.05, 4.69) is 27.6 Å². The molecule has 0 spiro atoms. The maximum Gasteiger partial charge on any atom is 0.191 e. The Kier molecular flexibility index (Phi) is 4.66. The summed E-state index contributed by atoms with van der Waals surface area (Å²) in [4.78, 5) is 8.67. The monoisotopic (exact) mass is 267 g/mol. The summed E-state index contributed by atoms with van der Waals surface area (Å²) in [7, 11) is 0. The Bertz CT molecular complexity index is 376. The van der Waals surface area contributed by atoms with E-state index in [-0.39, 0.29) is 0 Å². The highest BCUT2D eigenvalue weighted by Crippen LogP contribution is 2.31. The van der Waals surface area contributed by atoms with Gasteiger partial charge in [0.2, 0.25) is 0 Å². The first kappa shape index (κ1) is 13.4. The lowest BCUT2D eigenvalue weighted by atomic mass is 9.98. The van der Waals surface area contributed by atoms with Crippen LogP contribution in [0, 0.1) is 11.8 Å². The number of nitrogens with one attached hydrogen (secondary N) is 2. The minimum absolute atomic E-state index is 0.649. The normalized spacial score (nSPS) is 23.1. The van der Waals surface area contributed by atoms with Gasteiger partial charge in [0.25, 0.3) is 0 Å². The fourth-order valence-electron chi connectivity index (χ4n) is 2.44. The molecule has 1 aromatic heterocycles. The van der Waals surface area contributed by atoms with Crippen molar-refractivity contribution in [3.8, 4) is 0 Å². The minimum Gasteiger partial charge on any atom is -0.370 e. The van der Waals surface area contributed by atoms with Crippen molar-refractivity contribution >= 4 is 23.4 Å². The van der Waals surface area contributed by atoms with Crippen molar-refractivity contribution in [3.63, 3.8) is 0 Å². The molecule has 2 rings (SSSR count). The molecular formula is C12H21N5S. The fraction of sp³-hybridized carbons (Fsp3) is 0.667. The van der Waals surface area contributed by atoms with Gasteiger partial charge in [-0.2, -0.15) is 0 Å². The number of anilines is 2. The van der Waals surface area contributed by atoms with E-state index in [1.165, 1.54) is 31.0 Å². The predicted molar refractivity (Wildman–Crippen MR) is 76.6 cm³/mol. The molecule has 0 amide bonds. The maximum atomic E-state index is 5.41. The van der Waals surface area contributed by atoms with Crippen LogP contribution in [0.15, 0.2) is 11.2 Å².